The second-order valence-electron chi connectivity index (χ2n) is 7.03. The van der Waals surface area contributed by atoms with E-state index in [1.54, 1.807) is 49.6 Å². The molecule has 0 saturated carbocycles. The SMILES string of the molecule is COc1cccc(CCNC(=O)C(c2cc(OC)cc(OC)c2)S(=O)c2ccccc2)c1. The summed E-state index contributed by atoms with van der Waals surface area (Å²) in [6, 6.07) is 21.8. The predicted octanol–water partition coefficient (Wildman–Crippen LogP) is 3.92. The molecule has 0 aliphatic carbocycles. The van der Waals surface area contributed by atoms with Gasteiger partial charge in [0.25, 0.3) is 0 Å². The van der Waals surface area contributed by atoms with E-state index in [9.17, 15) is 9.00 Å². The lowest BCUT2D eigenvalue weighted by atomic mass is 10.1. The van der Waals surface area contributed by atoms with Crippen molar-refractivity contribution in [3.05, 3.63) is 83.9 Å². The van der Waals surface area contributed by atoms with Gasteiger partial charge in [-0.2, -0.15) is 0 Å². The Kier molecular flexibility index (Phi) is 8.27. The molecule has 3 aromatic rings. The van der Waals surface area contributed by atoms with Crippen molar-refractivity contribution in [3.63, 3.8) is 0 Å². The lowest BCUT2D eigenvalue weighted by molar-refractivity contribution is -0.120. The summed E-state index contributed by atoms with van der Waals surface area (Å²) in [7, 11) is 3.07. The van der Waals surface area contributed by atoms with Gasteiger partial charge in [0, 0.05) is 17.5 Å². The Morgan fingerprint density at radius 3 is 2.12 bits per heavy atom. The van der Waals surface area contributed by atoms with Crippen LogP contribution in [0.4, 0.5) is 0 Å². The second kappa shape index (κ2) is 11.3. The zero-order valence-electron chi connectivity index (χ0n) is 18.4. The summed E-state index contributed by atoms with van der Waals surface area (Å²) < 4.78 is 29.4. The van der Waals surface area contributed by atoms with Crippen LogP contribution in [0, 0.1) is 0 Å². The Labute approximate surface area is 191 Å². The van der Waals surface area contributed by atoms with E-state index in [-0.39, 0.29) is 5.91 Å². The third-order valence-electron chi connectivity index (χ3n) is 4.95. The number of carbonyl (C=O) groups excluding carboxylic acids is 1. The monoisotopic (exact) mass is 453 g/mol. The van der Waals surface area contributed by atoms with E-state index in [2.05, 4.69) is 5.32 Å². The Morgan fingerprint density at radius 1 is 0.844 bits per heavy atom. The zero-order valence-corrected chi connectivity index (χ0v) is 19.2. The van der Waals surface area contributed by atoms with E-state index in [1.807, 2.05) is 30.3 Å². The average Bonchev–Trinajstić information content (AvgIpc) is 2.84. The highest BCUT2D eigenvalue weighted by atomic mass is 32.2. The summed E-state index contributed by atoms with van der Waals surface area (Å²) in [5.41, 5.74) is 1.59. The van der Waals surface area contributed by atoms with Gasteiger partial charge in [0.15, 0.2) is 0 Å². The van der Waals surface area contributed by atoms with Crippen LogP contribution < -0.4 is 19.5 Å². The van der Waals surface area contributed by atoms with Crippen molar-refractivity contribution in [2.45, 2.75) is 16.6 Å². The Bertz CT molecular complexity index is 1050. The van der Waals surface area contributed by atoms with Crippen LogP contribution in [0.3, 0.4) is 0 Å². The van der Waals surface area contributed by atoms with E-state index in [1.165, 1.54) is 14.2 Å². The fraction of sp³-hybridized carbons (Fsp3) is 0.240. The lowest BCUT2D eigenvalue weighted by Crippen LogP contribution is -2.33. The summed E-state index contributed by atoms with van der Waals surface area (Å²) in [4.78, 5) is 13.8. The van der Waals surface area contributed by atoms with Gasteiger partial charge in [0.2, 0.25) is 5.91 Å². The van der Waals surface area contributed by atoms with Crippen molar-refractivity contribution < 1.29 is 23.2 Å². The molecule has 3 rings (SSSR count). The van der Waals surface area contributed by atoms with Crippen molar-refractivity contribution in [3.8, 4) is 17.2 Å². The Hall–Kier alpha value is -3.32. The molecule has 2 unspecified atom stereocenters. The molecule has 0 radical (unpaired) electrons. The van der Waals surface area contributed by atoms with Gasteiger partial charge in [-0.05, 0) is 53.9 Å². The molecule has 0 spiro atoms. The van der Waals surface area contributed by atoms with Gasteiger partial charge in [-0.1, -0.05) is 30.3 Å². The zero-order chi connectivity index (χ0) is 22.9. The molecule has 6 nitrogen and oxygen atoms in total. The molecule has 1 N–H and O–H groups in total. The smallest absolute Gasteiger partial charge is 0.240 e. The number of amides is 1. The maximum atomic E-state index is 13.5. The van der Waals surface area contributed by atoms with Gasteiger partial charge in [-0.3, -0.25) is 9.00 Å². The van der Waals surface area contributed by atoms with E-state index in [0.29, 0.717) is 34.9 Å². The summed E-state index contributed by atoms with van der Waals surface area (Å²) in [5.74, 6) is 1.49. The van der Waals surface area contributed by atoms with E-state index in [4.69, 9.17) is 14.2 Å². The fourth-order valence-corrected chi connectivity index (χ4v) is 4.65. The van der Waals surface area contributed by atoms with Crippen LogP contribution in [-0.2, 0) is 22.0 Å². The number of methoxy groups -OCH3 is 3. The van der Waals surface area contributed by atoms with Crippen LogP contribution in [0.5, 0.6) is 17.2 Å². The maximum Gasteiger partial charge on any atom is 0.240 e. The number of hydrogen-bond acceptors (Lipinski definition) is 5. The molecule has 0 aromatic heterocycles. The molecule has 3 aromatic carbocycles. The highest BCUT2D eigenvalue weighted by Gasteiger charge is 2.29. The fourth-order valence-electron chi connectivity index (χ4n) is 3.29. The number of ether oxygens (including phenoxy) is 3. The molecule has 0 bridgehead atoms. The number of rotatable bonds is 10. The molecular weight excluding hydrogens is 426 g/mol. The number of nitrogens with one attached hydrogen (secondary N) is 1. The largest absolute Gasteiger partial charge is 0.497 e. The van der Waals surface area contributed by atoms with E-state index >= 15 is 0 Å². The molecule has 0 aliphatic heterocycles. The molecule has 0 heterocycles. The summed E-state index contributed by atoms with van der Waals surface area (Å²) >= 11 is 0. The molecule has 168 valence electrons. The van der Waals surface area contributed by atoms with Gasteiger partial charge in [0.05, 0.1) is 32.1 Å². The summed E-state index contributed by atoms with van der Waals surface area (Å²) in [6.07, 6.45) is 0.620. The average molecular weight is 454 g/mol. The minimum Gasteiger partial charge on any atom is -0.497 e. The Balaban J connectivity index is 1.85. The second-order valence-corrected chi connectivity index (χ2v) is 8.57. The van der Waals surface area contributed by atoms with E-state index < -0.39 is 16.0 Å². The van der Waals surface area contributed by atoms with Crippen molar-refractivity contribution in [1.82, 2.24) is 5.32 Å². The van der Waals surface area contributed by atoms with Crippen molar-refractivity contribution in [2.24, 2.45) is 0 Å². The number of carbonyl (C=O) groups is 1. The van der Waals surface area contributed by atoms with Gasteiger partial charge < -0.3 is 19.5 Å². The molecule has 32 heavy (non-hydrogen) atoms. The van der Waals surface area contributed by atoms with Gasteiger partial charge in [0.1, 0.15) is 22.5 Å². The third kappa shape index (κ3) is 5.88. The van der Waals surface area contributed by atoms with Crippen LogP contribution in [-0.4, -0.2) is 38.0 Å². The number of benzene rings is 3. The minimum absolute atomic E-state index is 0.328. The molecule has 7 heteroatoms. The lowest BCUT2D eigenvalue weighted by Gasteiger charge is -2.19. The quantitative estimate of drug-likeness (QED) is 0.504. The molecule has 0 saturated heterocycles. The molecule has 2 atom stereocenters. The van der Waals surface area contributed by atoms with Crippen LogP contribution in [0.2, 0.25) is 0 Å². The first-order valence-corrected chi connectivity index (χ1v) is 11.4. The van der Waals surface area contributed by atoms with Crippen LogP contribution in [0.1, 0.15) is 16.4 Å². The number of hydrogen-bond donors (Lipinski definition) is 1. The van der Waals surface area contributed by atoms with Gasteiger partial charge >= 0.3 is 0 Å². The van der Waals surface area contributed by atoms with Crippen molar-refractivity contribution in [1.29, 1.82) is 0 Å². The normalized spacial score (nSPS) is 12.5. The molecule has 0 aliphatic rings. The maximum absolute atomic E-state index is 13.5. The predicted molar refractivity (Wildman–Crippen MR) is 125 cm³/mol. The first kappa shape index (κ1) is 23.3. The minimum atomic E-state index is -1.62. The summed E-state index contributed by atoms with van der Waals surface area (Å²) in [6.45, 7) is 0.398. The van der Waals surface area contributed by atoms with Gasteiger partial charge in [-0.15, -0.1) is 0 Å². The van der Waals surface area contributed by atoms with Crippen molar-refractivity contribution >= 4 is 16.7 Å². The third-order valence-corrected chi connectivity index (χ3v) is 6.60. The topological polar surface area (TPSA) is 73.9 Å². The highest BCUT2D eigenvalue weighted by Crippen LogP contribution is 2.32. The van der Waals surface area contributed by atoms with Gasteiger partial charge in [-0.25, -0.2) is 0 Å². The highest BCUT2D eigenvalue weighted by molar-refractivity contribution is 7.86. The molecule has 1 amide bonds. The standard InChI is InChI=1S/C25H27NO5S/c1-29-20-9-7-8-18(14-20)12-13-26-25(27)24(32(28)23-10-5-4-6-11-23)19-15-21(30-2)17-22(16-19)31-3/h4-11,14-17,24H,12-13H2,1-3H3,(H,26,27). The first-order valence-electron chi connectivity index (χ1n) is 10.1. The Morgan fingerprint density at radius 2 is 1.50 bits per heavy atom. The van der Waals surface area contributed by atoms with E-state index in [0.717, 1.165) is 11.3 Å². The molecule has 0 fully saturated rings. The van der Waals surface area contributed by atoms with Crippen LogP contribution in [0.25, 0.3) is 0 Å². The first-order chi connectivity index (χ1) is 15.5. The van der Waals surface area contributed by atoms with Crippen molar-refractivity contribution in [2.75, 3.05) is 27.9 Å². The van der Waals surface area contributed by atoms with Crippen LogP contribution >= 0.6 is 0 Å². The van der Waals surface area contributed by atoms with Crippen LogP contribution in [0.15, 0.2) is 77.7 Å². The molecular formula is C25H27NO5S. The summed E-state index contributed by atoms with van der Waals surface area (Å²) in [5, 5.41) is 2.01.